The van der Waals surface area contributed by atoms with Crippen molar-refractivity contribution in [3.63, 3.8) is 0 Å². The Kier molecular flexibility index (Phi) is 16.3. The molecule has 1 saturated carbocycles. The van der Waals surface area contributed by atoms with Gasteiger partial charge in [-0.2, -0.15) is 0 Å². The van der Waals surface area contributed by atoms with Crippen molar-refractivity contribution in [3.8, 4) is 0 Å². The summed E-state index contributed by atoms with van der Waals surface area (Å²) in [5.41, 5.74) is 0. The zero-order valence-electron chi connectivity index (χ0n) is 15.3. The molecule has 1 rings (SSSR count). The summed E-state index contributed by atoms with van der Waals surface area (Å²) in [5, 5.41) is 16.3. The highest BCUT2D eigenvalue weighted by Gasteiger charge is 2.24. The quantitative estimate of drug-likeness (QED) is 0.181. The first-order chi connectivity index (χ1) is 11.3. The van der Waals surface area contributed by atoms with E-state index in [1.807, 2.05) is 6.92 Å². The number of rotatable bonds is 12. The summed E-state index contributed by atoms with van der Waals surface area (Å²) < 4.78 is 11.0. The van der Waals surface area contributed by atoms with E-state index >= 15 is 0 Å². The van der Waals surface area contributed by atoms with Crippen LogP contribution in [0.25, 0.3) is 0 Å². The Bertz CT molecular complexity index is 319. The molecule has 0 amide bonds. The number of halogens is 1. The summed E-state index contributed by atoms with van der Waals surface area (Å²) in [5.74, 6) is 1.11. The molecule has 1 fully saturated rings. The Morgan fingerprint density at radius 2 is 1.83 bits per heavy atom. The Labute approximate surface area is 164 Å². The lowest BCUT2D eigenvalue weighted by Gasteiger charge is -2.15. The normalized spacial score (nSPS) is 20.7. The van der Waals surface area contributed by atoms with Crippen molar-refractivity contribution in [1.82, 2.24) is 10.6 Å². The minimum Gasteiger partial charge on any atom is -0.393 e. The highest BCUT2D eigenvalue weighted by atomic mass is 127. The summed E-state index contributed by atoms with van der Waals surface area (Å²) >= 11 is 0. The standard InChI is InChI=1S/C17H35N3O3.HI/c1-3-5-10-22-12-13-23-11-9-19-17(18-4-2)20-14-15-7-6-8-16(15)21;/h15-16,21H,3-14H2,1-2H3,(H2,18,19,20);1H. The van der Waals surface area contributed by atoms with Crippen LogP contribution in [0.2, 0.25) is 0 Å². The minimum absolute atomic E-state index is 0. The maximum atomic E-state index is 9.84. The van der Waals surface area contributed by atoms with Crippen LogP contribution in [0.3, 0.4) is 0 Å². The second-order valence-corrected chi connectivity index (χ2v) is 5.98. The largest absolute Gasteiger partial charge is 0.393 e. The Morgan fingerprint density at radius 1 is 1.08 bits per heavy atom. The zero-order chi connectivity index (χ0) is 16.8. The fraction of sp³-hybridized carbons (Fsp3) is 0.941. The van der Waals surface area contributed by atoms with Crippen LogP contribution in [0.15, 0.2) is 4.99 Å². The Hall–Kier alpha value is -0.120. The molecule has 7 heteroatoms. The van der Waals surface area contributed by atoms with Crippen LogP contribution in [-0.2, 0) is 9.47 Å². The number of nitrogens with zero attached hydrogens (tertiary/aromatic N) is 1. The first kappa shape index (κ1) is 23.9. The lowest BCUT2D eigenvalue weighted by Crippen LogP contribution is -2.39. The lowest BCUT2D eigenvalue weighted by molar-refractivity contribution is 0.0487. The van der Waals surface area contributed by atoms with Crippen molar-refractivity contribution in [3.05, 3.63) is 0 Å². The van der Waals surface area contributed by atoms with Crippen LogP contribution in [-0.4, -0.2) is 63.2 Å². The summed E-state index contributed by atoms with van der Waals surface area (Å²) in [6.45, 7) is 9.17. The SMILES string of the molecule is CCCCOCCOCCNC(=NCC1CCCC1O)NCC.I. The maximum absolute atomic E-state index is 9.84. The molecule has 1 aliphatic carbocycles. The van der Waals surface area contributed by atoms with E-state index in [1.54, 1.807) is 0 Å². The molecule has 1 aliphatic rings. The van der Waals surface area contributed by atoms with E-state index in [2.05, 4.69) is 22.5 Å². The third-order valence-corrected chi connectivity index (χ3v) is 4.00. The molecular formula is C17H36IN3O3. The molecule has 0 bridgehead atoms. The van der Waals surface area contributed by atoms with Gasteiger partial charge in [0.1, 0.15) is 0 Å². The van der Waals surface area contributed by atoms with Crippen molar-refractivity contribution in [2.24, 2.45) is 10.9 Å². The number of hydrogen-bond acceptors (Lipinski definition) is 4. The molecule has 0 aliphatic heterocycles. The first-order valence-corrected chi connectivity index (χ1v) is 9.13. The van der Waals surface area contributed by atoms with E-state index in [-0.39, 0.29) is 30.1 Å². The summed E-state index contributed by atoms with van der Waals surface area (Å²) in [6, 6.07) is 0. The number of hydrogen-bond donors (Lipinski definition) is 3. The van der Waals surface area contributed by atoms with Gasteiger partial charge in [0.15, 0.2) is 5.96 Å². The van der Waals surface area contributed by atoms with Gasteiger partial charge in [-0.1, -0.05) is 19.8 Å². The number of guanidine groups is 1. The molecule has 3 N–H and O–H groups in total. The summed E-state index contributed by atoms with van der Waals surface area (Å²) in [6.07, 6.45) is 5.19. The molecule has 6 nitrogen and oxygen atoms in total. The second kappa shape index (κ2) is 16.4. The van der Waals surface area contributed by atoms with Crippen molar-refractivity contribution in [2.45, 2.75) is 52.1 Å². The number of aliphatic imine (C=N–C) groups is 1. The number of aliphatic hydroxyl groups is 1. The molecule has 144 valence electrons. The van der Waals surface area contributed by atoms with Crippen LogP contribution in [0.1, 0.15) is 46.0 Å². The third kappa shape index (κ3) is 11.4. The topological polar surface area (TPSA) is 75.1 Å². The van der Waals surface area contributed by atoms with Gasteiger partial charge in [0.05, 0.1) is 25.9 Å². The molecule has 0 aromatic rings. The van der Waals surface area contributed by atoms with Crippen LogP contribution >= 0.6 is 24.0 Å². The molecule has 0 radical (unpaired) electrons. The van der Waals surface area contributed by atoms with Gasteiger partial charge in [-0.05, 0) is 26.2 Å². The van der Waals surface area contributed by atoms with Gasteiger partial charge >= 0.3 is 0 Å². The molecule has 0 saturated heterocycles. The van der Waals surface area contributed by atoms with E-state index in [0.29, 0.717) is 38.8 Å². The fourth-order valence-electron chi connectivity index (χ4n) is 2.59. The third-order valence-electron chi connectivity index (χ3n) is 4.00. The molecule has 0 aromatic carbocycles. The van der Waals surface area contributed by atoms with Crippen molar-refractivity contribution < 1.29 is 14.6 Å². The predicted molar refractivity (Wildman–Crippen MR) is 109 cm³/mol. The van der Waals surface area contributed by atoms with Crippen molar-refractivity contribution in [1.29, 1.82) is 0 Å². The molecule has 0 heterocycles. The molecule has 0 aromatic heterocycles. The van der Waals surface area contributed by atoms with Crippen LogP contribution in [0.5, 0.6) is 0 Å². The Balaban J connectivity index is 0.00000529. The fourth-order valence-corrected chi connectivity index (χ4v) is 2.59. The number of aliphatic hydroxyl groups excluding tert-OH is 1. The second-order valence-electron chi connectivity index (χ2n) is 5.98. The van der Waals surface area contributed by atoms with Crippen LogP contribution in [0.4, 0.5) is 0 Å². The van der Waals surface area contributed by atoms with Gasteiger partial charge in [0.25, 0.3) is 0 Å². The number of nitrogens with one attached hydrogen (secondary N) is 2. The molecule has 2 atom stereocenters. The van der Waals surface area contributed by atoms with E-state index in [0.717, 1.165) is 51.2 Å². The van der Waals surface area contributed by atoms with Gasteiger partial charge in [-0.15, -0.1) is 24.0 Å². The van der Waals surface area contributed by atoms with Crippen molar-refractivity contribution in [2.75, 3.05) is 46.1 Å². The molecule has 2 unspecified atom stereocenters. The lowest BCUT2D eigenvalue weighted by atomic mass is 10.1. The first-order valence-electron chi connectivity index (χ1n) is 9.13. The van der Waals surface area contributed by atoms with Gasteiger partial charge < -0.3 is 25.2 Å². The molecule has 24 heavy (non-hydrogen) atoms. The summed E-state index contributed by atoms with van der Waals surface area (Å²) in [7, 11) is 0. The Morgan fingerprint density at radius 3 is 2.46 bits per heavy atom. The van der Waals surface area contributed by atoms with Crippen LogP contribution in [0, 0.1) is 5.92 Å². The average molecular weight is 457 g/mol. The predicted octanol–water partition coefficient (Wildman–Crippen LogP) is 2.15. The van der Waals surface area contributed by atoms with Crippen LogP contribution < -0.4 is 10.6 Å². The van der Waals surface area contributed by atoms with Gasteiger partial charge in [0, 0.05) is 32.2 Å². The van der Waals surface area contributed by atoms with E-state index < -0.39 is 0 Å². The van der Waals surface area contributed by atoms with Gasteiger partial charge in [-0.3, -0.25) is 4.99 Å². The highest BCUT2D eigenvalue weighted by Crippen LogP contribution is 2.25. The molecular weight excluding hydrogens is 421 g/mol. The van der Waals surface area contributed by atoms with Gasteiger partial charge in [0.2, 0.25) is 0 Å². The van der Waals surface area contributed by atoms with E-state index in [4.69, 9.17) is 9.47 Å². The number of ether oxygens (including phenoxy) is 2. The highest BCUT2D eigenvalue weighted by molar-refractivity contribution is 14.0. The zero-order valence-corrected chi connectivity index (χ0v) is 17.6. The molecule has 0 spiro atoms. The average Bonchev–Trinajstić information content (AvgIpc) is 2.96. The van der Waals surface area contributed by atoms with E-state index in [1.165, 1.54) is 0 Å². The van der Waals surface area contributed by atoms with E-state index in [9.17, 15) is 5.11 Å². The minimum atomic E-state index is -0.183. The van der Waals surface area contributed by atoms with Crippen molar-refractivity contribution >= 4 is 29.9 Å². The maximum Gasteiger partial charge on any atom is 0.191 e. The number of unbranched alkanes of at least 4 members (excludes halogenated alkanes) is 1. The smallest absolute Gasteiger partial charge is 0.191 e. The monoisotopic (exact) mass is 457 g/mol. The van der Waals surface area contributed by atoms with Gasteiger partial charge in [-0.25, -0.2) is 0 Å². The summed E-state index contributed by atoms with van der Waals surface area (Å²) in [4.78, 5) is 4.57.